The van der Waals surface area contributed by atoms with Crippen LogP contribution < -0.4 is 10.5 Å². The van der Waals surface area contributed by atoms with E-state index in [4.69, 9.17) is 15.2 Å². The van der Waals surface area contributed by atoms with Gasteiger partial charge >= 0.3 is 0 Å². The number of halogens is 1. The summed E-state index contributed by atoms with van der Waals surface area (Å²) in [6, 6.07) is 4.83. The summed E-state index contributed by atoms with van der Waals surface area (Å²) in [5.74, 6) is 2.17. The van der Waals surface area contributed by atoms with Gasteiger partial charge in [0.2, 0.25) is 0 Å². The lowest BCUT2D eigenvalue weighted by Gasteiger charge is -2.37. The molecule has 0 radical (unpaired) electrons. The molecule has 5 heteroatoms. The fourth-order valence-corrected chi connectivity index (χ4v) is 4.40. The summed E-state index contributed by atoms with van der Waals surface area (Å²) in [7, 11) is 0. The molecule has 21 heavy (non-hydrogen) atoms. The number of ether oxygens (including phenoxy) is 2. The molecule has 1 aromatic rings. The minimum absolute atomic E-state index is 0.0353. The van der Waals surface area contributed by atoms with E-state index < -0.39 is 0 Å². The monoisotopic (exact) mass is 311 g/mol. The van der Waals surface area contributed by atoms with Gasteiger partial charge in [0.1, 0.15) is 6.10 Å². The highest BCUT2D eigenvalue weighted by atomic mass is 32.2. The van der Waals surface area contributed by atoms with Crippen LogP contribution in [0.2, 0.25) is 0 Å². The lowest BCUT2D eigenvalue weighted by molar-refractivity contribution is -0.0964. The van der Waals surface area contributed by atoms with Gasteiger partial charge in [-0.2, -0.15) is 11.8 Å². The van der Waals surface area contributed by atoms with Crippen molar-refractivity contribution in [1.82, 2.24) is 0 Å². The SMILES string of the molecule is CC(N)c1ccc(OC2CCOC3(CCSC3)C2)c(F)c1. The van der Waals surface area contributed by atoms with E-state index in [1.807, 2.05) is 24.8 Å². The lowest BCUT2D eigenvalue weighted by atomic mass is 9.91. The van der Waals surface area contributed by atoms with Gasteiger partial charge in [-0.05, 0) is 36.8 Å². The standard InChI is InChI=1S/C16H22FNO2S/c1-11(18)12-2-3-15(14(17)8-12)20-13-4-6-19-16(9-13)5-7-21-10-16/h2-3,8,11,13H,4-7,9-10,18H2,1H3. The number of hydrogen-bond donors (Lipinski definition) is 1. The summed E-state index contributed by atoms with van der Waals surface area (Å²) in [5, 5.41) is 0. The first kappa shape index (κ1) is 15.1. The minimum Gasteiger partial charge on any atom is -0.487 e. The van der Waals surface area contributed by atoms with Crippen molar-refractivity contribution in [2.45, 2.75) is 43.9 Å². The van der Waals surface area contributed by atoms with Crippen molar-refractivity contribution in [2.75, 3.05) is 18.1 Å². The summed E-state index contributed by atoms with van der Waals surface area (Å²) >= 11 is 1.93. The molecule has 1 spiro atoms. The van der Waals surface area contributed by atoms with Crippen LogP contribution in [-0.2, 0) is 4.74 Å². The van der Waals surface area contributed by atoms with Gasteiger partial charge in [0.05, 0.1) is 12.2 Å². The van der Waals surface area contributed by atoms with E-state index in [1.54, 1.807) is 6.07 Å². The van der Waals surface area contributed by atoms with Gasteiger partial charge in [-0.15, -0.1) is 0 Å². The average Bonchev–Trinajstić information content (AvgIpc) is 2.89. The highest BCUT2D eigenvalue weighted by Crippen LogP contribution is 2.39. The minimum atomic E-state index is -0.328. The van der Waals surface area contributed by atoms with Crippen molar-refractivity contribution in [3.05, 3.63) is 29.6 Å². The largest absolute Gasteiger partial charge is 0.487 e. The van der Waals surface area contributed by atoms with E-state index in [2.05, 4.69) is 0 Å². The number of thioether (sulfide) groups is 1. The zero-order chi connectivity index (χ0) is 14.9. The van der Waals surface area contributed by atoms with E-state index in [0.717, 1.165) is 36.3 Å². The van der Waals surface area contributed by atoms with Crippen molar-refractivity contribution in [3.8, 4) is 5.75 Å². The Balaban J connectivity index is 1.68. The van der Waals surface area contributed by atoms with E-state index in [1.165, 1.54) is 6.07 Å². The predicted molar refractivity (Wildman–Crippen MR) is 83.3 cm³/mol. The van der Waals surface area contributed by atoms with Crippen LogP contribution >= 0.6 is 11.8 Å². The zero-order valence-electron chi connectivity index (χ0n) is 12.3. The van der Waals surface area contributed by atoms with Gasteiger partial charge in [-0.3, -0.25) is 0 Å². The highest BCUT2D eigenvalue weighted by Gasteiger charge is 2.41. The summed E-state index contributed by atoms with van der Waals surface area (Å²) < 4.78 is 26.0. The van der Waals surface area contributed by atoms with Crippen LogP contribution in [0.1, 0.15) is 37.8 Å². The molecule has 0 aliphatic carbocycles. The summed E-state index contributed by atoms with van der Waals surface area (Å²) in [6.07, 6.45) is 2.78. The van der Waals surface area contributed by atoms with E-state index in [9.17, 15) is 4.39 Å². The van der Waals surface area contributed by atoms with E-state index >= 15 is 0 Å². The Kier molecular flexibility index (Phi) is 4.43. The first-order valence-electron chi connectivity index (χ1n) is 7.51. The molecule has 2 heterocycles. The van der Waals surface area contributed by atoms with Crippen molar-refractivity contribution in [1.29, 1.82) is 0 Å². The Bertz CT molecular complexity index is 503. The van der Waals surface area contributed by atoms with Crippen LogP contribution in [0.5, 0.6) is 5.75 Å². The first-order valence-corrected chi connectivity index (χ1v) is 8.67. The molecule has 2 aliphatic heterocycles. The molecule has 2 aliphatic rings. The molecule has 2 fully saturated rings. The Labute approximate surface area is 129 Å². The Morgan fingerprint density at radius 2 is 2.38 bits per heavy atom. The summed E-state index contributed by atoms with van der Waals surface area (Å²) in [6.45, 7) is 2.54. The summed E-state index contributed by atoms with van der Waals surface area (Å²) in [5.41, 5.74) is 6.51. The van der Waals surface area contributed by atoms with Gasteiger partial charge in [0.15, 0.2) is 11.6 Å². The molecular weight excluding hydrogens is 289 g/mol. The third kappa shape index (κ3) is 3.35. The van der Waals surface area contributed by atoms with Crippen LogP contribution in [0.3, 0.4) is 0 Å². The molecule has 3 nitrogen and oxygen atoms in total. The Morgan fingerprint density at radius 1 is 1.52 bits per heavy atom. The molecule has 3 rings (SSSR count). The summed E-state index contributed by atoms with van der Waals surface area (Å²) in [4.78, 5) is 0. The third-order valence-corrected chi connectivity index (χ3v) is 5.51. The van der Waals surface area contributed by atoms with Crippen molar-refractivity contribution < 1.29 is 13.9 Å². The average molecular weight is 311 g/mol. The second kappa shape index (κ2) is 6.15. The maximum atomic E-state index is 14.1. The molecule has 2 saturated heterocycles. The Hall–Kier alpha value is -0.780. The number of benzene rings is 1. The third-order valence-electron chi connectivity index (χ3n) is 4.29. The number of rotatable bonds is 3. The van der Waals surface area contributed by atoms with Crippen molar-refractivity contribution in [3.63, 3.8) is 0 Å². The molecule has 0 aromatic heterocycles. The van der Waals surface area contributed by atoms with Gasteiger partial charge < -0.3 is 15.2 Å². The molecule has 0 amide bonds. The van der Waals surface area contributed by atoms with Gasteiger partial charge in [-0.25, -0.2) is 4.39 Å². The van der Waals surface area contributed by atoms with Gasteiger partial charge in [-0.1, -0.05) is 6.07 Å². The molecule has 3 atom stereocenters. The number of hydrogen-bond acceptors (Lipinski definition) is 4. The second-order valence-corrected chi connectivity index (χ2v) is 7.15. The fraction of sp³-hybridized carbons (Fsp3) is 0.625. The van der Waals surface area contributed by atoms with Crippen molar-refractivity contribution in [2.24, 2.45) is 5.73 Å². The maximum absolute atomic E-state index is 14.1. The highest BCUT2D eigenvalue weighted by molar-refractivity contribution is 7.99. The fourth-order valence-electron chi connectivity index (χ4n) is 3.02. The smallest absolute Gasteiger partial charge is 0.165 e. The molecule has 0 bridgehead atoms. The Morgan fingerprint density at radius 3 is 3.05 bits per heavy atom. The van der Waals surface area contributed by atoms with Crippen LogP contribution in [0.15, 0.2) is 18.2 Å². The van der Waals surface area contributed by atoms with Crippen LogP contribution in [0, 0.1) is 5.82 Å². The van der Waals surface area contributed by atoms with E-state index in [-0.39, 0.29) is 23.6 Å². The molecule has 2 N–H and O–H groups in total. The van der Waals surface area contributed by atoms with Gasteiger partial charge in [0.25, 0.3) is 0 Å². The molecule has 3 unspecified atom stereocenters. The number of nitrogens with two attached hydrogens (primary N) is 1. The zero-order valence-corrected chi connectivity index (χ0v) is 13.1. The molecule has 116 valence electrons. The molecule has 1 aromatic carbocycles. The maximum Gasteiger partial charge on any atom is 0.165 e. The topological polar surface area (TPSA) is 44.5 Å². The van der Waals surface area contributed by atoms with Crippen LogP contribution in [-0.4, -0.2) is 29.8 Å². The second-order valence-electron chi connectivity index (χ2n) is 6.05. The predicted octanol–water partition coefficient (Wildman–Crippen LogP) is 3.28. The molecular formula is C16H22FNO2S. The molecule has 0 saturated carbocycles. The van der Waals surface area contributed by atoms with Crippen molar-refractivity contribution >= 4 is 11.8 Å². The van der Waals surface area contributed by atoms with E-state index in [0.29, 0.717) is 12.4 Å². The lowest BCUT2D eigenvalue weighted by Crippen LogP contribution is -2.43. The van der Waals surface area contributed by atoms with Crippen LogP contribution in [0.25, 0.3) is 0 Å². The van der Waals surface area contributed by atoms with Gasteiger partial charge in [0, 0.05) is 24.6 Å². The first-order chi connectivity index (χ1) is 10.1. The van der Waals surface area contributed by atoms with Crippen LogP contribution in [0.4, 0.5) is 4.39 Å². The normalized spacial score (nSPS) is 30.5. The quantitative estimate of drug-likeness (QED) is 0.930.